The maximum atomic E-state index is 12.5. The van der Waals surface area contributed by atoms with E-state index >= 15 is 0 Å². The minimum Gasteiger partial charge on any atom is -0.468 e. The summed E-state index contributed by atoms with van der Waals surface area (Å²) in [5.74, 6) is 0.810. The number of hydrogen-bond donors (Lipinski definition) is 1. The van der Waals surface area contributed by atoms with Gasteiger partial charge in [0.2, 0.25) is 5.91 Å². The van der Waals surface area contributed by atoms with Crippen LogP contribution in [0.2, 0.25) is 0 Å². The normalized spacial score (nSPS) is 16.0. The number of nitrogens with zero attached hydrogens (tertiary/aromatic N) is 2. The number of amides is 1. The number of anilines is 2. The van der Waals surface area contributed by atoms with Crippen molar-refractivity contribution in [3.63, 3.8) is 0 Å². The van der Waals surface area contributed by atoms with E-state index in [2.05, 4.69) is 10.2 Å². The molecule has 1 aliphatic heterocycles. The van der Waals surface area contributed by atoms with Gasteiger partial charge in [0, 0.05) is 24.5 Å². The van der Waals surface area contributed by atoms with Crippen molar-refractivity contribution in [2.24, 2.45) is 0 Å². The summed E-state index contributed by atoms with van der Waals surface area (Å²) in [6, 6.07) is 11.5. The number of carbonyl (C=O) groups is 1. The zero-order valence-electron chi connectivity index (χ0n) is 14.8. The lowest BCUT2D eigenvalue weighted by molar-refractivity contribution is -0.120. The van der Waals surface area contributed by atoms with E-state index in [0.717, 1.165) is 43.4 Å². The molecule has 0 radical (unpaired) electrons. The largest absolute Gasteiger partial charge is 0.468 e. The summed E-state index contributed by atoms with van der Waals surface area (Å²) in [6.45, 7) is 5.81. The summed E-state index contributed by atoms with van der Waals surface area (Å²) in [5, 5.41) is 2.98. The topological polar surface area (TPSA) is 58.0 Å². The van der Waals surface area contributed by atoms with E-state index in [4.69, 9.17) is 9.15 Å². The highest BCUT2D eigenvalue weighted by molar-refractivity contribution is 5.94. The van der Waals surface area contributed by atoms with Crippen LogP contribution in [0.4, 0.5) is 11.4 Å². The fraction of sp³-hybridized carbons (Fsp3) is 0.421. The van der Waals surface area contributed by atoms with Gasteiger partial charge in [-0.05, 0) is 50.4 Å². The Morgan fingerprint density at radius 2 is 1.96 bits per heavy atom. The molecule has 6 heteroatoms. The molecule has 0 unspecified atom stereocenters. The monoisotopic (exact) mass is 343 g/mol. The van der Waals surface area contributed by atoms with Gasteiger partial charge in [0.05, 0.1) is 32.1 Å². The van der Waals surface area contributed by atoms with Crippen LogP contribution in [0, 0.1) is 0 Å². The Morgan fingerprint density at radius 1 is 1.24 bits per heavy atom. The van der Waals surface area contributed by atoms with Crippen molar-refractivity contribution in [3.05, 3.63) is 48.4 Å². The Hall–Kier alpha value is -2.31. The van der Waals surface area contributed by atoms with E-state index in [-0.39, 0.29) is 11.9 Å². The second-order valence-electron chi connectivity index (χ2n) is 6.31. The lowest BCUT2D eigenvalue weighted by atomic mass is 10.2. The van der Waals surface area contributed by atoms with Crippen molar-refractivity contribution < 1.29 is 13.9 Å². The Labute approximate surface area is 148 Å². The van der Waals surface area contributed by atoms with Crippen molar-refractivity contribution in [1.29, 1.82) is 0 Å². The van der Waals surface area contributed by atoms with E-state index in [1.807, 2.05) is 55.3 Å². The van der Waals surface area contributed by atoms with E-state index < -0.39 is 0 Å². The average molecular weight is 343 g/mol. The number of ether oxygens (including phenoxy) is 1. The fourth-order valence-corrected chi connectivity index (χ4v) is 2.81. The SMILES string of the molecule is C[C@H](C(=O)Nc1ccc(N2CCOCC2)cc1)N(C)Cc1ccco1. The minimum atomic E-state index is -0.260. The summed E-state index contributed by atoms with van der Waals surface area (Å²) in [7, 11) is 1.91. The van der Waals surface area contributed by atoms with E-state index in [0.29, 0.717) is 6.54 Å². The molecule has 2 aromatic rings. The molecule has 1 aliphatic rings. The maximum absolute atomic E-state index is 12.5. The Bertz CT molecular complexity index is 664. The molecule has 1 fully saturated rings. The maximum Gasteiger partial charge on any atom is 0.241 e. The van der Waals surface area contributed by atoms with Gasteiger partial charge in [-0.25, -0.2) is 0 Å². The molecule has 1 atom stereocenters. The van der Waals surface area contributed by atoms with Gasteiger partial charge in [0.25, 0.3) is 0 Å². The Morgan fingerprint density at radius 3 is 2.60 bits per heavy atom. The molecule has 25 heavy (non-hydrogen) atoms. The smallest absolute Gasteiger partial charge is 0.241 e. The van der Waals surface area contributed by atoms with E-state index in [1.165, 1.54) is 0 Å². The van der Waals surface area contributed by atoms with Gasteiger partial charge in [0.1, 0.15) is 5.76 Å². The van der Waals surface area contributed by atoms with Crippen LogP contribution in [-0.4, -0.2) is 50.2 Å². The van der Waals surface area contributed by atoms with Crippen molar-refractivity contribution in [2.75, 3.05) is 43.6 Å². The lowest BCUT2D eigenvalue weighted by Crippen LogP contribution is -2.39. The first-order valence-corrected chi connectivity index (χ1v) is 8.60. The third-order valence-electron chi connectivity index (χ3n) is 4.54. The van der Waals surface area contributed by atoms with Gasteiger partial charge in [-0.2, -0.15) is 0 Å². The second-order valence-corrected chi connectivity index (χ2v) is 6.31. The predicted molar refractivity (Wildman–Crippen MR) is 97.7 cm³/mol. The average Bonchev–Trinajstić information content (AvgIpc) is 3.15. The molecule has 3 rings (SSSR count). The van der Waals surface area contributed by atoms with Crippen molar-refractivity contribution in [2.45, 2.75) is 19.5 Å². The van der Waals surface area contributed by atoms with Crippen LogP contribution < -0.4 is 10.2 Å². The first kappa shape index (κ1) is 17.5. The summed E-state index contributed by atoms with van der Waals surface area (Å²) >= 11 is 0. The molecule has 1 amide bonds. The van der Waals surface area contributed by atoms with Crippen molar-refractivity contribution >= 4 is 17.3 Å². The zero-order chi connectivity index (χ0) is 17.6. The number of morpholine rings is 1. The molecule has 0 saturated carbocycles. The van der Waals surface area contributed by atoms with Gasteiger partial charge < -0.3 is 19.4 Å². The number of hydrogen-bond acceptors (Lipinski definition) is 5. The van der Waals surface area contributed by atoms with Gasteiger partial charge in [-0.1, -0.05) is 0 Å². The zero-order valence-corrected chi connectivity index (χ0v) is 14.8. The van der Waals surface area contributed by atoms with Gasteiger partial charge in [-0.15, -0.1) is 0 Å². The number of likely N-dealkylation sites (N-methyl/N-ethyl adjacent to an activating group) is 1. The lowest BCUT2D eigenvalue weighted by Gasteiger charge is -2.29. The molecule has 0 aliphatic carbocycles. The van der Waals surface area contributed by atoms with E-state index in [9.17, 15) is 4.79 Å². The highest BCUT2D eigenvalue weighted by Gasteiger charge is 2.19. The standard InChI is InChI=1S/C19H25N3O3/c1-15(21(2)14-18-4-3-11-25-18)19(23)20-16-5-7-17(8-6-16)22-9-12-24-13-10-22/h3-8,11,15H,9-10,12-14H2,1-2H3,(H,20,23)/t15-/m1/s1. The highest BCUT2D eigenvalue weighted by atomic mass is 16.5. The van der Waals surface area contributed by atoms with Gasteiger partial charge in [-0.3, -0.25) is 9.69 Å². The summed E-state index contributed by atoms with van der Waals surface area (Å²) in [5.41, 5.74) is 1.96. The third-order valence-corrected chi connectivity index (χ3v) is 4.54. The molecule has 2 heterocycles. The number of carbonyl (C=O) groups excluding carboxylic acids is 1. The number of furan rings is 1. The molecule has 1 aromatic heterocycles. The van der Waals surface area contributed by atoms with Crippen molar-refractivity contribution in [3.8, 4) is 0 Å². The van der Waals surface area contributed by atoms with E-state index in [1.54, 1.807) is 6.26 Å². The minimum absolute atomic E-state index is 0.0341. The van der Waals surface area contributed by atoms with Gasteiger partial charge >= 0.3 is 0 Å². The Balaban J connectivity index is 1.54. The first-order chi connectivity index (χ1) is 12.1. The molecule has 1 saturated heterocycles. The molecule has 6 nitrogen and oxygen atoms in total. The van der Waals surface area contributed by atoms with Crippen LogP contribution in [0.5, 0.6) is 0 Å². The number of nitrogens with one attached hydrogen (secondary N) is 1. The fourth-order valence-electron chi connectivity index (χ4n) is 2.81. The quantitative estimate of drug-likeness (QED) is 0.874. The molecule has 1 aromatic carbocycles. The third kappa shape index (κ3) is 4.61. The van der Waals surface area contributed by atoms with Crippen LogP contribution in [0.25, 0.3) is 0 Å². The summed E-state index contributed by atoms with van der Waals surface area (Å²) in [6.07, 6.45) is 1.64. The number of benzene rings is 1. The van der Waals surface area contributed by atoms with Crippen LogP contribution >= 0.6 is 0 Å². The molecule has 0 bridgehead atoms. The van der Waals surface area contributed by atoms with Crippen LogP contribution in [0.1, 0.15) is 12.7 Å². The molecule has 134 valence electrons. The number of rotatable bonds is 6. The molecular weight excluding hydrogens is 318 g/mol. The summed E-state index contributed by atoms with van der Waals surface area (Å²) < 4.78 is 10.7. The second kappa shape index (κ2) is 8.18. The highest BCUT2D eigenvalue weighted by Crippen LogP contribution is 2.19. The van der Waals surface area contributed by atoms with Crippen LogP contribution in [0.15, 0.2) is 47.1 Å². The van der Waals surface area contributed by atoms with Crippen molar-refractivity contribution in [1.82, 2.24) is 4.90 Å². The Kier molecular flexibility index (Phi) is 5.73. The van der Waals surface area contributed by atoms with Crippen LogP contribution in [-0.2, 0) is 16.1 Å². The van der Waals surface area contributed by atoms with Gasteiger partial charge in [0.15, 0.2) is 0 Å². The van der Waals surface area contributed by atoms with Crippen LogP contribution in [0.3, 0.4) is 0 Å². The predicted octanol–water partition coefficient (Wildman–Crippen LogP) is 2.58. The summed E-state index contributed by atoms with van der Waals surface area (Å²) in [4.78, 5) is 16.7. The molecular formula is C19H25N3O3. The molecule has 0 spiro atoms. The first-order valence-electron chi connectivity index (χ1n) is 8.60. The molecule has 1 N–H and O–H groups in total.